The van der Waals surface area contributed by atoms with Crippen molar-refractivity contribution in [2.24, 2.45) is 5.92 Å². The number of nitrogens with zero attached hydrogens (tertiary/aromatic N) is 3. The van der Waals surface area contributed by atoms with Crippen LogP contribution in [0.15, 0.2) is 24.3 Å². The molecule has 0 saturated carbocycles. The smallest absolute Gasteiger partial charge is 0.308 e. The monoisotopic (exact) mass is 345 g/mol. The fourth-order valence-electron chi connectivity index (χ4n) is 3.22. The van der Waals surface area contributed by atoms with Gasteiger partial charge in [0.2, 0.25) is 5.91 Å². The quantitative estimate of drug-likeness (QED) is 0.921. The summed E-state index contributed by atoms with van der Waals surface area (Å²) >= 11 is 0. The van der Waals surface area contributed by atoms with Crippen molar-refractivity contribution in [3.63, 3.8) is 0 Å². The van der Waals surface area contributed by atoms with E-state index in [2.05, 4.69) is 5.10 Å². The molecule has 1 amide bonds. The standard InChI is InChI=1S/C18H20FN3O3/c1-11-16(9-17(23)21-8-7-13(10-21)18(24)25)12(2)22(20-11)15-5-3-14(19)4-6-15/h3-6,13H,7-10H2,1-2H3,(H,24,25)/t13-/m1/s1. The molecule has 1 saturated heterocycles. The van der Waals surface area contributed by atoms with Gasteiger partial charge in [0.25, 0.3) is 0 Å². The SMILES string of the molecule is Cc1nn(-c2ccc(F)cc2)c(C)c1CC(=O)N1CC[C@@H](C(=O)O)C1. The lowest BCUT2D eigenvalue weighted by atomic mass is 10.1. The highest BCUT2D eigenvalue weighted by Gasteiger charge is 2.31. The Hall–Kier alpha value is -2.70. The first-order valence-electron chi connectivity index (χ1n) is 8.18. The summed E-state index contributed by atoms with van der Waals surface area (Å²) in [6.07, 6.45) is 0.680. The molecule has 0 unspecified atom stereocenters. The third-order valence-corrected chi connectivity index (χ3v) is 4.73. The maximum absolute atomic E-state index is 13.1. The van der Waals surface area contributed by atoms with E-state index in [0.717, 1.165) is 22.6 Å². The average Bonchev–Trinajstić information content (AvgIpc) is 3.17. The number of aromatic nitrogens is 2. The minimum atomic E-state index is -0.855. The molecular weight excluding hydrogens is 325 g/mol. The van der Waals surface area contributed by atoms with Crippen LogP contribution in [0, 0.1) is 25.6 Å². The Labute approximate surface area is 144 Å². The summed E-state index contributed by atoms with van der Waals surface area (Å²) in [7, 11) is 0. The van der Waals surface area contributed by atoms with Gasteiger partial charge >= 0.3 is 5.97 Å². The van der Waals surface area contributed by atoms with Crippen LogP contribution in [0.5, 0.6) is 0 Å². The normalized spacial score (nSPS) is 17.1. The number of likely N-dealkylation sites (tertiary alicyclic amines) is 1. The first-order valence-corrected chi connectivity index (χ1v) is 8.18. The second kappa shape index (κ2) is 6.66. The number of carboxylic acids is 1. The summed E-state index contributed by atoms with van der Waals surface area (Å²) in [6, 6.07) is 6.01. The number of amides is 1. The van der Waals surface area contributed by atoms with Crippen molar-refractivity contribution in [3.8, 4) is 5.69 Å². The first-order chi connectivity index (χ1) is 11.9. The van der Waals surface area contributed by atoms with Crippen LogP contribution in [0.25, 0.3) is 5.69 Å². The molecule has 0 aliphatic carbocycles. The van der Waals surface area contributed by atoms with Crippen molar-refractivity contribution >= 4 is 11.9 Å². The molecular formula is C18H20FN3O3. The maximum atomic E-state index is 13.1. The Morgan fingerprint density at radius 1 is 1.28 bits per heavy atom. The number of hydrogen-bond acceptors (Lipinski definition) is 3. The zero-order chi connectivity index (χ0) is 18.1. The van der Waals surface area contributed by atoms with Gasteiger partial charge in [0.15, 0.2) is 0 Å². The average molecular weight is 345 g/mol. The van der Waals surface area contributed by atoms with Gasteiger partial charge in [-0.2, -0.15) is 5.10 Å². The molecule has 1 N–H and O–H groups in total. The molecule has 25 heavy (non-hydrogen) atoms. The second-order valence-corrected chi connectivity index (χ2v) is 6.38. The Balaban J connectivity index is 1.78. The van der Waals surface area contributed by atoms with Crippen LogP contribution in [0.2, 0.25) is 0 Å². The third-order valence-electron chi connectivity index (χ3n) is 4.73. The van der Waals surface area contributed by atoms with Gasteiger partial charge in [0, 0.05) is 24.3 Å². The lowest BCUT2D eigenvalue weighted by molar-refractivity contribution is -0.141. The predicted octanol–water partition coefficient (Wildman–Crippen LogP) is 2.10. The lowest BCUT2D eigenvalue weighted by Gasteiger charge is -2.16. The summed E-state index contributed by atoms with van der Waals surface area (Å²) in [4.78, 5) is 25.2. The second-order valence-electron chi connectivity index (χ2n) is 6.38. The molecule has 0 bridgehead atoms. The predicted molar refractivity (Wildman–Crippen MR) is 89.0 cm³/mol. The Morgan fingerprint density at radius 2 is 1.96 bits per heavy atom. The summed E-state index contributed by atoms with van der Waals surface area (Å²) in [5.41, 5.74) is 3.12. The number of carbonyl (C=O) groups excluding carboxylic acids is 1. The van der Waals surface area contributed by atoms with E-state index in [9.17, 15) is 14.0 Å². The van der Waals surface area contributed by atoms with E-state index >= 15 is 0 Å². The van der Waals surface area contributed by atoms with Crippen molar-refractivity contribution in [3.05, 3.63) is 47.0 Å². The van der Waals surface area contributed by atoms with Crippen LogP contribution in [-0.2, 0) is 16.0 Å². The van der Waals surface area contributed by atoms with Crippen molar-refractivity contribution in [1.29, 1.82) is 0 Å². The van der Waals surface area contributed by atoms with Crippen molar-refractivity contribution in [2.45, 2.75) is 26.7 Å². The minimum Gasteiger partial charge on any atom is -0.481 e. The Kier molecular flexibility index (Phi) is 4.57. The van der Waals surface area contributed by atoms with Crippen molar-refractivity contribution < 1.29 is 19.1 Å². The van der Waals surface area contributed by atoms with Crippen LogP contribution < -0.4 is 0 Å². The summed E-state index contributed by atoms with van der Waals surface area (Å²) in [5, 5.41) is 13.5. The van der Waals surface area contributed by atoms with E-state index < -0.39 is 11.9 Å². The van der Waals surface area contributed by atoms with Gasteiger partial charge in [0.05, 0.1) is 23.7 Å². The molecule has 1 aromatic carbocycles. The molecule has 1 aliphatic heterocycles. The van der Waals surface area contributed by atoms with Crippen LogP contribution in [0.4, 0.5) is 4.39 Å². The number of benzene rings is 1. The van der Waals surface area contributed by atoms with Gasteiger partial charge in [-0.1, -0.05) is 0 Å². The van der Waals surface area contributed by atoms with Crippen LogP contribution in [-0.4, -0.2) is 44.8 Å². The van der Waals surface area contributed by atoms with Gasteiger partial charge in [-0.25, -0.2) is 9.07 Å². The maximum Gasteiger partial charge on any atom is 0.308 e. The molecule has 1 fully saturated rings. The number of carbonyl (C=O) groups is 2. The Bertz CT molecular complexity index is 814. The number of halogens is 1. The number of aliphatic carboxylic acids is 1. The van der Waals surface area contributed by atoms with Crippen molar-refractivity contribution in [1.82, 2.24) is 14.7 Å². The first kappa shape index (κ1) is 17.1. The van der Waals surface area contributed by atoms with E-state index in [1.54, 1.807) is 21.7 Å². The zero-order valence-corrected chi connectivity index (χ0v) is 14.2. The van der Waals surface area contributed by atoms with Crippen LogP contribution in [0.3, 0.4) is 0 Å². The van der Waals surface area contributed by atoms with E-state index in [0.29, 0.717) is 13.0 Å². The third kappa shape index (κ3) is 3.40. The molecule has 6 nitrogen and oxygen atoms in total. The molecule has 2 heterocycles. The highest BCUT2D eigenvalue weighted by molar-refractivity contribution is 5.81. The minimum absolute atomic E-state index is 0.0893. The van der Waals surface area contributed by atoms with Gasteiger partial charge in [-0.15, -0.1) is 0 Å². The van der Waals surface area contributed by atoms with E-state index in [-0.39, 0.29) is 24.7 Å². The molecule has 0 spiro atoms. The highest BCUT2D eigenvalue weighted by Crippen LogP contribution is 2.22. The fourth-order valence-corrected chi connectivity index (χ4v) is 3.22. The number of rotatable bonds is 4. The summed E-state index contributed by atoms with van der Waals surface area (Å²) in [5.74, 6) is -1.74. The fraction of sp³-hybridized carbons (Fsp3) is 0.389. The molecule has 132 valence electrons. The Morgan fingerprint density at radius 3 is 2.56 bits per heavy atom. The number of aryl methyl sites for hydroxylation is 1. The summed E-state index contributed by atoms with van der Waals surface area (Å²) in [6.45, 7) is 4.44. The van der Waals surface area contributed by atoms with Crippen LogP contribution in [0.1, 0.15) is 23.4 Å². The topological polar surface area (TPSA) is 75.4 Å². The summed E-state index contributed by atoms with van der Waals surface area (Å²) < 4.78 is 14.8. The van der Waals surface area contributed by atoms with Gasteiger partial charge in [-0.05, 0) is 44.5 Å². The van der Waals surface area contributed by atoms with Crippen LogP contribution >= 0.6 is 0 Å². The zero-order valence-electron chi connectivity index (χ0n) is 14.2. The molecule has 3 rings (SSSR count). The van der Waals surface area contributed by atoms with E-state index in [1.807, 2.05) is 13.8 Å². The van der Waals surface area contributed by atoms with Gasteiger partial charge in [-0.3, -0.25) is 9.59 Å². The largest absolute Gasteiger partial charge is 0.481 e. The molecule has 1 aliphatic rings. The highest BCUT2D eigenvalue weighted by atomic mass is 19.1. The molecule has 0 radical (unpaired) electrons. The van der Waals surface area contributed by atoms with Gasteiger partial charge < -0.3 is 10.0 Å². The van der Waals surface area contributed by atoms with E-state index in [1.165, 1.54) is 12.1 Å². The molecule has 2 aromatic rings. The van der Waals surface area contributed by atoms with Gasteiger partial charge in [0.1, 0.15) is 5.82 Å². The number of hydrogen-bond donors (Lipinski definition) is 1. The van der Waals surface area contributed by atoms with Crippen molar-refractivity contribution in [2.75, 3.05) is 13.1 Å². The van der Waals surface area contributed by atoms with E-state index in [4.69, 9.17) is 5.11 Å². The molecule has 1 atom stereocenters. The number of carboxylic acid groups (broad SMARTS) is 1. The molecule has 1 aromatic heterocycles. The molecule has 7 heteroatoms. The lowest BCUT2D eigenvalue weighted by Crippen LogP contribution is -2.31.